The fourth-order valence-electron chi connectivity index (χ4n) is 2.49. The summed E-state index contributed by atoms with van der Waals surface area (Å²) in [6, 6.07) is -1.12. The summed E-state index contributed by atoms with van der Waals surface area (Å²) in [4.78, 5) is 22.8. The van der Waals surface area contributed by atoms with Gasteiger partial charge in [-0.3, -0.25) is 4.79 Å². The van der Waals surface area contributed by atoms with Gasteiger partial charge in [0, 0.05) is 12.5 Å². The van der Waals surface area contributed by atoms with E-state index in [1.165, 1.54) is 0 Å². The first-order chi connectivity index (χ1) is 11.2. The molecule has 138 valence electrons. The summed E-state index contributed by atoms with van der Waals surface area (Å²) in [6.45, 7) is 3.50. The van der Waals surface area contributed by atoms with Crippen molar-refractivity contribution in [1.82, 2.24) is 5.32 Å². The number of aliphatic hydroxyl groups excluding tert-OH is 3. The summed E-state index contributed by atoms with van der Waals surface area (Å²) in [5.41, 5.74) is 5.70. The minimum atomic E-state index is -1.58. The smallest absolute Gasteiger partial charge is 0.370 e. The first-order valence-corrected chi connectivity index (χ1v) is 7.92. The van der Waals surface area contributed by atoms with Crippen molar-refractivity contribution in [3.05, 3.63) is 11.8 Å². The number of hydrogen-bond acceptors (Lipinski definition) is 7. The zero-order chi connectivity index (χ0) is 18.4. The molecule has 1 amide bonds. The summed E-state index contributed by atoms with van der Waals surface area (Å²) in [5.74, 6) is -2.41. The van der Waals surface area contributed by atoms with Crippen molar-refractivity contribution in [3.8, 4) is 0 Å². The van der Waals surface area contributed by atoms with Crippen LogP contribution in [0.15, 0.2) is 11.8 Å². The molecule has 0 fully saturated rings. The van der Waals surface area contributed by atoms with Gasteiger partial charge in [-0.15, -0.1) is 0 Å². The van der Waals surface area contributed by atoms with E-state index in [9.17, 15) is 24.9 Å². The highest BCUT2D eigenvalue weighted by molar-refractivity contribution is 5.84. The maximum absolute atomic E-state index is 11.9. The molecule has 0 bridgehead atoms. The van der Waals surface area contributed by atoms with Crippen LogP contribution >= 0.6 is 0 Å². The van der Waals surface area contributed by atoms with Crippen LogP contribution in [0.4, 0.5) is 0 Å². The van der Waals surface area contributed by atoms with E-state index in [4.69, 9.17) is 15.6 Å². The number of carbonyl (C=O) groups is 2. The zero-order valence-corrected chi connectivity index (χ0v) is 13.8. The lowest BCUT2D eigenvalue weighted by Crippen LogP contribution is -2.58. The van der Waals surface area contributed by atoms with E-state index < -0.39 is 42.2 Å². The number of amides is 1. The van der Waals surface area contributed by atoms with Crippen molar-refractivity contribution >= 4 is 11.9 Å². The Labute approximate surface area is 140 Å². The van der Waals surface area contributed by atoms with E-state index in [1.807, 2.05) is 13.8 Å². The summed E-state index contributed by atoms with van der Waals surface area (Å²) in [6.07, 6.45) is -3.45. The average molecular weight is 346 g/mol. The standard InChI is InChI=1S/C15H26N2O7/c1-3-7(4-2)14(21)17-6-9(19)12(20)13-11(16)8(18)5-10(24-13)15(22)23/h5,7-9,11-13,18-20H,3-4,6,16H2,1-2H3,(H,17,21)(H,22,23)/t8?,9-,11+,12-,13?/m0/s1. The fourth-order valence-corrected chi connectivity index (χ4v) is 2.49. The topological polar surface area (TPSA) is 162 Å². The molecule has 0 aliphatic carbocycles. The van der Waals surface area contributed by atoms with Gasteiger partial charge in [0.25, 0.3) is 0 Å². The predicted octanol–water partition coefficient (Wildman–Crippen LogP) is -1.68. The Kier molecular flexibility index (Phi) is 7.61. The van der Waals surface area contributed by atoms with Crippen LogP contribution in [0.3, 0.4) is 0 Å². The summed E-state index contributed by atoms with van der Waals surface area (Å²) in [5, 5.41) is 41.4. The number of ether oxygens (including phenoxy) is 1. The predicted molar refractivity (Wildman–Crippen MR) is 83.7 cm³/mol. The van der Waals surface area contributed by atoms with Crippen LogP contribution in [0.5, 0.6) is 0 Å². The second-order valence-electron chi connectivity index (χ2n) is 5.80. The Balaban J connectivity index is 2.68. The number of carboxylic acids is 1. The van der Waals surface area contributed by atoms with Crippen LogP contribution in [0.25, 0.3) is 0 Å². The van der Waals surface area contributed by atoms with Gasteiger partial charge >= 0.3 is 5.97 Å². The van der Waals surface area contributed by atoms with Crippen LogP contribution in [-0.2, 0) is 14.3 Å². The highest BCUT2D eigenvalue weighted by atomic mass is 16.5. The van der Waals surface area contributed by atoms with E-state index in [-0.39, 0.29) is 18.4 Å². The molecular weight excluding hydrogens is 320 g/mol. The van der Waals surface area contributed by atoms with Crippen LogP contribution in [0, 0.1) is 5.92 Å². The van der Waals surface area contributed by atoms with Crippen LogP contribution < -0.4 is 11.1 Å². The van der Waals surface area contributed by atoms with E-state index in [1.54, 1.807) is 0 Å². The van der Waals surface area contributed by atoms with Gasteiger partial charge in [0.05, 0.1) is 12.1 Å². The Morgan fingerprint density at radius 1 is 1.33 bits per heavy atom. The average Bonchev–Trinajstić information content (AvgIpc) is 2.55. The third-order valence-corrected chi connectivity index (χ3v) is 4.14. The Bertz CT molecular complexity index is 478. The summed E-state index contributed by atoms with van der Waals surface area (Å²) < 4.78 is 5.06. The maximum Gasteiger partial charge on any atom is 0.370 e. The molecule has 1 aliphatic rings. The number of carboxylic acid groups (broad SMARTS) is 1. The minimum absolute atomic E-state index is 0.189. The molecule has 1 rings (SSSR count). The molecule has 9 heteroatoms. The van der Waals surface area contributed by atoms with Gasteiger partial charge in [-0.2, -0.15) is 0 Å². The molecule has 24 heavy (non-hydrogen) atoms. The Morgan fingerprint density at radius 2 is 1.92 bits per heavy atom. The van der Waals surface area contributed by atoms with Crippen LogP contribution in [-0.4, -0.2) is 69.3 Å². The monoisotopic (exact) mass is 346 g/mol. The van der Waals surface area contributed by atoms with Crippen LogP contribution in [0.1, 0.15) is 26.7 Å². The van der Waals surface area contributed by atoms with E-state index in [0.717, 1.165) is 6.08 Å². The van der Waals surface area contributed by atoms with Gasteiger partial charge < -0.3 is 36.2 Å². The SMILES string of the molecule is CCC(CC)C(=O)NC[C@H](O)[C@H](O)C1OC(C(=O)O)=CC(O)[C@H]1N. The third kappa shape index (κ3) is 4.91. The molecule has 2 unspecified atom stereocenters. The molecule has 9 nitrogen and oxygen atoms in total. The van der Waals surface area contributed by atoms with Gasteiger partial charge in [-0.1, -0.05) is 13.8 Å². The van der Waals surface area contributed by atoms with Crippen molar-refractivity contribution < 1.29 is 34.8 Å². The molecule has 5 atom stereocenters. The Morgan fingerprint density at radius 3 is 2.42 bits per heavy atom. The molecule has 0 aromatic rings. The van der Waals surface area contributed by atoms with Gasteiger partial charge in [0.1, 0.15) is 18.3 Å². The number of nitrogens with two attached hydrogens (primary N) is 1. The van der Waals surface area contributed by atoms with Crippen molar-refractivity contribution in [1.29, 1.82) is 0 Å². The molecule has 0 radical (unpaired) electrons. The number of aliphatic hydroxyl groups is 3. The molecule has 0 spiro atoms. The number of aliphatic carboxylic acids is 1. The van der Waals surface area contributed by atoms with Gasteiger partial charge in [0.2, 0.25) is 11.7 Å². The van der Waals surface area contributed by atoms with Crippen molar-refractivity contribution in [2.45, 2.75) is 57.1 Å². The summed E-state index contributed by atoms with van der Waals surface area (Å²) >= 11 is 0. The van der Waals surface area contributed by atoms with Crippen molar-refractivity contribution in [2.75, 3.05) is 6.54 Å². The fraction of sp³-hybridized carbons (Fsp3) is 0.733. The summed E-state index contributed by atoms with van der Waals surface area (Å²) in [7, 11) is 0. The van der Waals surface area contributed by atoms with Gasteiger partial charge in [-0.05, 0) is 18.9 Å². The van der Waals surface area contributed by atoms with E-state index in [2.05, 4.69) is 5.32 Å². The van der Waals surface area contributed by atoms with E-state index in [0.29, 0.717) is 12.8 Å². The third-order valence-electron chi connectivity index (χ3n) is 4.14. The van der Waals surface area contributed by atoms with Crippen LogP contribution in [0.2, 0.25) is 0 Å². The molecule has 0 saturated carbocycles. The molecule has 0 aromatic heterocycles. The number of carbonyl (C=O) groups excluding carboxylic acids is 1. The van der Waals surface area contributed by atoms with E-state index >= 15 is 0 Å². The first-order valence-electron chi connectivity index (χ1n) is 7.92. The minimum Gasteiger partial charge on any atom is -0.479 e. The second kappa shape index (κ2) is 8.97. The number of hydrogen-bond donors (Lipinski definition) is 6. The second-order valence-corrected chi connectivity index (χ2v) is 5.80. The van der Waals surface area contributed by atoms with Crippen molar-refractivity contribution in [3.63, 3.8) is 0 Å². The van der Waals surface area contributed by atoms with Gasteiger partial charge in [0.15, 0.2) is 0 Å². The molecule has 0 saturated heterocycles. The lowest BCUT2D eigenvalue weighted by molar-refractivity contribution is -0.145. The molecule has 1 aliphatic heterocycles. The molecule has 1 heterocycles. The normalized spacial score (nSPS) is 26.3. The molecule has 0 aromatic carbocycles. The Hall–Kier alpha value is -1.68. The lowest BCUT2D eigenvalue weighted by atomic mass is 9.94. The first kappa shape index (κ1) is 20.4. The molecule has 7 N–H and O–H groups in total. The van der Waals surface area contributed by atoms with Crippen molar-refractivity contribution in [2.24, 2.45) is 11.7 Å². The highest BCUT2D eigenvalue weighted by Gasteiger charge is 2.40. The highest BCUT2D eigenvalue weighted by Crippen LogP contribution is 2.21. The molecular formula is C15H26N2O7. The lowest BCUT2D eigenvalue weighted by Gasteiger charge is -2.36. The quantitative estimate of drug-likeness (QED) is 0.303. The largest absolute Gasteiger partial charge is 0.479 e. The zero-order valence-electron chi connectivity index (χ0n) is 13.8. The van der Waals surface area contributed by atoms with Gasteiger partial charge in [-0.25, -0.2) is 4.79 Å². The number of rotatable bonds is 8. The maximum atomic E-state index is 11.9. The number of nitrogens with one attached hydrogen (secondary N) is 1.